The first-order valence-corrected chi connectivity index (χ1v) is 7.37. The lowest BCUT2D eigenvalue weighted by atomic mass is 9.93. The van der Waals surface area contributed by atoms with Gasteiger partial charge in [-0.15, -0.1) is 0 Å². The highest BCUT2D eigenvalue weighted by Gasteiger charge is 2.20. The van der Waals surface area contributed by atoms with E-state index in [-0.39, 0.29) is 0 Å². The van der Waals surface area contributed by atoms with Crippen LogP contribution in [0.4, 0.5) is 0 Å². The topological polar surface area (TPSA) is 24.5 Å². The minimum absolute atomic E-state index is 0.514. The number of hydrogen-bond acceptors (Lipinski definition) is 3. The van der Waals surface area contributed by atoms with E-state index in [2.05, 4.69) is 31.0 Å². The van der Waals surface area contributed by atoms with Gasteiger partial charge in [-0.05, 0) is 45.3 Å². The molecule has 0 radical (unpaired) electrons. The molecule has 3 heteroatoms. The maximum Gasteiger partial charge on any atom is 0.0597 e. The molecule has 0 unspecified atom stereocenters. The van der Waals surface area contributed by atoms with E-state index >= 15 is 0 Å². The molecule has 17 heavy (non-hydrogen) atoms. The molecule has 1 N–H and O–H groups in total. The molecule has 1 rings (SSSR count). The Morgan fingerprint density at radius 3 is 2.24 bits per heavy atom. The van der Waals surface area contributed by atoms with Gasteiger partial charge >= 0.3 is 0 Å². The van der Waals surface area contributed by atoms with Crippen molar-refractivity contribution >= 4 is 0 Å². The predicted octanol–water partition coefficient (Wildman–Crippen LogP) is 2.27. The minimum atomic E-state index is 0.514. The van der Waals surface area contributed by atoms with Crippen molar-refractivity contribution in [3.8, 4) is 0 Å². The van der Waals surface area contributed by atoms with Gasteiger partial charge in [0.2, 0.25) is 0 Å². The molecule has 0 aromatic heterocycles. The SMILES string of the molecule is CCNC1CCC(OCCN(CC)CC)CC1. The molecular formula is C14H30N2O. The third-order valence-corrected chi connectivity index (χ3v) is 3.82. The van der Waals surface area contributed by atoms with Crippen LogP contribution in [0.15, 0.2) is 0 Å². The Balaban J connectivity index is 2.06. The molecular weight excluding hydrogens is 212 g/mol. The summed E-state index contributed by atoms with van der Waals surface area (Å²) < 4.78 is 5.97. The van der Waals surface area contributed by atoms with Crippen molar-refractivity contribution < 1.29 is 4.74 Å². The molecule has 0 amide bonds. The van der Waals surface area contributed by atoms with E-state index in [1.54, 1.807) is 0 Å². The maximum atomic E-state index is 5.97. The van der Waals surface area contributed by atoms with Crippen LogP contribution in [-0.4, -0.2) is 49.8 Å². The van der Waals surface area contributed by atoms with E-state index < -0.39 is 0 Å². The van der Waals surface area contributed by atoms with Crippen molar-refractivity contribution in [2.24, 2.45) is 0 Å². The van der Waals surface area contributed by atoms with Crippen molar-refractivity contribution in [2.75, 3.05) is 32.8 Å². The second-order valence-electron chi connectivity index (χ2n) is 4.93. The summed E-state index contributed by atoms with van der Waals surface area (Å²) in [5, 5.41) is 3.53. The van der Waals surface area contributed by atoms with Crippen molar-refractivity contribution in [1.82, 2.24) is 10.2 Å². The van der Waals surface area contributed by atoms with Gasteiger partial charge in [-0.3, -0.25) is 0 Å². The lowest BCUT2D eigenvalue weighted by molar-refractivity contribution is 0.0123. The first-order chi connectivity index (χ1) is 8.30. The Kier molecular flexibility index (Phi) is 7.82. The van der Waals surface area contributed by atoms with Gasteiger partial charge in [0.05, 0.1) is 12.7 Å². The summed E-state index contributed by atoms with van der Waals surface area (Å²) in [7, 11) is 0. The molecule has 0 saturated heterocycles. The Bertz CT molecular complexity index is 175. The normalized spacial score (nSPS) is 25.4. The number of likely N-dealkylation sites (N-methyl/N-ethyl adjacent to an activating group) is 1. The highest BCUT2D eigenvalue weighted by molar-refractivity contribution is 4.77. The summed E-state index contributed by atoms with van der Waals surface area (Å²) in [6.45, 7) is 12.0. The summed E-state index contributed by atoms with van der Waals surface area (Å²) >= 11 is 0. The minimum Gasteiger partial charge on any atom is -0.377 e. The lowest BCUT2D eigenvalue weighted by Gasteiger charge is -2.29. The van der Waals surface area contributed by atoms with Crippen LogP contribution in [0, 0.1) is 0 Å². The summed E-state index contributed by atoms with van der Waals surface area (Å²) in [6, 6.07) is 0.739. The smallest absolute Gasteiger partial charge is 0.0597 e. The van der Waals surface area contributed by atoms with E-state index in [1.165, 1.54) is 25.7 Å². The van der Waals surface area contributed by atoms with Crippen LogP contribution in [0.3, 0.4) is 0 Å². The number of hydrogen-bond donors (Lipinski definition) is 1. The average molecular weight is 242 g/mol. The van der Waals surface area contributed by atoms with E-state index in [0.717, 1.165) is 38.8 Å². The van der Waals surface area contributed by atoms with Gasteiger partial charge in [0, 0.05) is 12.6 Å². The van der Waals surface area contributed by atoms with Gasteiger partial charge in [-0.25, -0.2) is 0 Å². The quantitative estimate of drug-likeness (QED) is 0.706. The Hall–Kier alpha value is -0.120. The van der Waals surface area contributed by atoms with Crippen LogP contribution >= 0.6 is 0 Å². The van der Waals surface area contributed by atoms with Crippen LogP contribution in [0.1, 0.15) is 46.5 Å². The van der Waals surface area contributed by atoms with Crippen molar-refractivity contribution in [3.05, 3.63) is 0 Å². The first kappa shape index (κ1) is 14.9. The van der Waals surface area contributed by atoms with Crippen molar-refractivity contribution in [3.63, 3.8) is 0 Å². The second kappa shape index (κ2) is 8.90. The molecule has 0 aliphatic heterocycles. The Morgan fingerprint density at radius 2 is 1.71 bits per heavy atom. The molecule has 0 atom stereocenters. The summed E-state index contributed by atoms with van der Waals surface area (Å²) in [5.41, 5.74) is 0. The maximum absolute atomic E-state index is 5.97. The molecule has 1 aliphatic carbocycles. The van der Waals surface area contributed by atoms with Gasteiger partial charge in [0.25, 0.3) is 0 Å². The number of nitrogens with zero attached hydrogens (tertiary/aromatic N) is 1. The molecule has 1 saturated carbocycles. The largest absolute Gasteiger partial charge is 0.377 e. The molecule has 102 valence electrons. The van der Waals surface area contributed by atoms with Gasteiger partial charge < -0.3 is 15.0 Å². The summed E-state index contributed by atoms with van der Waals surface area (Å²) in [4.78, 5) is 2.42. The third kappa shape index (κ3) is 5.84. The monoisotopic (exact) mass is 242 g/mol. The van der Waals surface area contributed by atoms with Crippen molar-refractivity contribution in [1.29, 1.82) is 0 Å². The highest BCUT2D eigenvalue weighted by Crippen LogP contribution is 2.21. The highest BCUT2D eigenvalue weighted by atomic mass is 16.5. The predicted molar refractivity (Wildman–Crippen MR) is 73.5 cm³/mol. The molecule has 1 aliphatic rings. The van der Waals surface area contributed by atoms with Gasteiger partial charge in [0.15, 0.2) is 0 Å². The van der Waals surface area contributed by atoms with Crippen LogP contribution in [0.2, 0.25) is 0 Å². The summed E-state index contributed by atoms with van der Waals surface area (Å²) in [6.07, 6.45) is 5.54. The molecule has 0 aromatic carbocycles. The molecule has 3 nitrogen and oxygen atoms in total. The van der Waals surface area contributed by atoms with E-state index in [4.69, 9.17) is 4.74 Å². The van der Waals surface area contributed by atoms with E-state index in [0.29, 0.717) is 6.10 Å². The van der Waals surface area contributed by atoms with Crippen LogP contribution in [-0.2, 0) is 4.74 Å². The lowest BCUT2D eigenvalue weighted by Crippen LogP contribution is -2.36. The fourth-order valence-electron chi connectivity index (χ4n) is 2.61. The third-order valence-electron chi connectivity index (χ3n) is 3.82. The fraction of sp³-hybridized carbons (Fsp3) is 1.00. The van der Waals surface area contributed by atoms with E-state index in [9.17, 15) is 0 Å². The molecule has 0 heterocycles. The molecule has 0 spiro atoms. The van der Waals surface area contributed by atoms with Crippen LogP contribution in [0.5, 0.6) is 0 Å². The standard InChI is InChI=1S/C14H30N2O/c1-4-15-13-7-9-14(10-8-13)17-12-11-16(5-2)6-3/h13-15H,4-12H2,1-3H3. The zero-order chi connectivity index (χ0) is 12.5. The number of rotatable bonds is 8. The molecule has 0 bridgehead atoms. The Morgan fingerprint density at radius 1 is 1.06 bits per heavy atom. The number of nitrogens with one attached hydrogen (secondary N) is 1. The zero-order valence-corrected chi connectivity index (χ0v) is 11.9. The summed E-state index contributed by atoms with van der Waals surface area (Å²) in [5.74, 6) is 0. The molecule has 0 aromatic rings. The van der Waals surface area contributed by atoms with Crippen molar-refractivity contribution in [2.45, 2.75) is 58.6 Å². The fourth-order valence-corrected chi connectivity index (χ4v) is 2.61. The van der Waals surface area contributed by atoms with Gasteiger partial charge in [-0.2, -0.15) is 0 Å². The van der Waals surface area contributed by atoms with Crippen LogP contribution in [0.25, 0.3) is 0 Å². The average Bonchev–Trinajstić information content (AvgIpc) is 2.37. The molecule has 1 fully saturated rings. The Labute approximate surface area is 107 Å². The zero-order valence-electron chi connectivity index (χ0n) is 11.9. The second-order valence-corrected chi connectivity index (χ2v) is 4.93. The van der Waals surface area contributed by atoms with Crippen LogP contribution < -0.4 is 5.32 Å². The van der Waals surface area contributed by atoms with Gasteiger partial charge in [-0.1, -0.05) is 20.8 Å². The first-order valence-electron chi connectivity index (χ1n) is 7.37. The van der Waals surface area contributed by atoms with Gasteiger partial charge in [0.1, 0.15) is 0 Å². The van der Waals surface area contributed by atoms with E-state index in [1.807, 2.05) is 0 Å². The number of ether oxygens (including phenoxy) is 1.